The molecule has 3 saturated heterocycles. The zero-order chi connectivity index (χ0) is 35.7. The number of esters is 1. The third kappa shape index (κ3) is 7.35. The highest BCUT2D eigenvalue weighted by molar-refractivity contribution is 6.01. The van der Waals surface area contributed by atoms with E-state index in [4.69, 9.17) is 19.3 Å². The van der Waals surface area contributed by atoms with Crippen molar-refractivity contribution in [1.82, 2.24) is 10.2 Å². The summed E-state index contributed by atoms with van der Waals surface area (Å²) in [6, 6.07) is 15.6. The third-order valence-electron chi connectivity index (χ3n) is 10.1. The van der Waals surface area contributed by atoms with Gasteiger partial charge < -0.3 is 24.6 Å². The number of nitrogens with one attached hydrogen (secondary N) is 1. The summed E-state index contributed by atoms with van der Waals surface area (Å²) >= 11 is 0. The minimum atomic E-state index is -0.309. The van der Waals surface area contributed by atoms with Gasteiger partial charge in [-0.1, -0.05) is 43.0 Å². The van der Waals surface area contributed by atoms with Crippen LogP contribution in [0.5, 0.6) is 11.5 Å². The molecule has 4 aliphatic heterocycles. The summed E-state index contributed by atoms with van der Waals surface area (Å²) in [5, 5.41) is 12.2. The van der Waals surface area contributed by atoms with E-state index < -0.39 is 0 Å². The molecule has 4 heterocycles. The van der Waals surface area contributed by atoms with Gasteiger partial charge in [-0.3, -0.25) is 9.69 Å². The Morgan fingerprint density at radius 2 is 1.82 bits per heavy atom. The summed E-state index contributed by atoms with van der Waals surface area (Å²) in [6.45, 7) is 19.5. The summed E-state index contributed by atoms with van der Waals surface area (Å²) in [5.74, 6) is 1.79. The van der Waals surface area contributed by atoms with Crippen LogP contribution in [0.2, 0.25) is 0 Å². The van der Waals surface area contributed by atoms with E-state index in [2.05, 4.69) is 23.4 Å². The van der Waals surface area contributed by atoms with E-state index in [0.29, 0.717) is 42.2 Å². The van der Waals surface area contributed by atoms with Gasteiger partial charge in [-0.15, -0.1) is 6.58 Å². The van der Waals surface area contributed by atoms with Crippen LogP contribution in [0.1, 0.15) is 90.2 Å². The second-order valence-electron chi connectivity index (χ2n) is 14.8. The Labute approximate surface area is 291 Å². The molecule has 2 N–H and O–H groups in total. The molecule has 0 radical (unpaired) electrons. The van der Waals surface area contributed by atoms with Gasteiger partial charge in [-0.2, -0.15) is 0 Å². The van der Waals surface area contributed by atoms with Crippen LogP contribution < -0.4 is 10.1 Å². The van der Waals surface area contributed by atoms with E-state index >= 15 is 0 Å². The zero-order valence-electron chi connectivity index (χ0n) is 30.1. The van der Waals surface area contributed by atoms with Crippen LogP contribution in [-0.2, 0) is 19.1 Å². The zero-order valence-corrected chi connectivity index (χ0v) is 30.1. The van der Waals surface area contributed by atoms with Crippen LogP contribution in [0.3, 0.4) is 0 Å². The number of carbonyl (C=O) groups is 2. The van der Waals surface area contributed by atoms with E-state index in [1.807, 2.05) is 77.9 Å². The van der Waals surface area contributed by atoms with Crippen molar-refractivity contribution in [3.05, 3.63) is 107 Å². The lowest BCUT2D eigenvalue weighted by molar-refractivity contribution is -0.188. The number of Topliss-reactive ketones (excluding diaryl/α,β-unsaturated/α-hetero) is 1. The molecule has 5 atom stereocenters. The second-order valence-corrected chi connectivity index (χ2v) is 14.8. The Balaban J connectivity index is 0.000000366. The Morgan fingerprint density at radius 1 is 1.10 bits per heavy atom. The maximum Gasteiger partial charge on any atom is 0.336 e. The largest absolute Gasteiger partial charge is 0.508 e. The number of methoxy groups -OCH3 is 1. The van der Waals surface area contributed by atoms with Gasteiger partial charge >= 0.3 is 5.97 Å². The number of ketones is 1. The maximum atomic E-state index is 13.4. The van der Waals surface area contributed by atoms with Crippen molar-refractivity contribution >= 4 is 11.8 Å². The van der Waals surface area contributed by atoms with Crippen LogP contribution in [-0.4, -0.2) is 58.2 Å². The number of ether oxygens (including phenoxy) is 3. The molecule has 7 rings (SSSR count). The van der Waals surface area contributed by atoms with Gasteiger partial charge in [0.05, 0.1) is 24.3 Å². The predicted molar refractivity (Wildman–Crippen MR) is 192 cm³/mol. The minimum Gasteiger partial charge on any atom is -0.508 e. The first-order valence-electron chi connectivity index (χ1n) is 17.3. The molecular weight excluding hydrogens is 616 g/mol. The number of piperidine rings is 1. The molecule has 1 unspecified atom stereocenters. The number of allylic oxidation sites excluding steroid dienone is 4. The quantitative estimate of drug-likeness (QED) is 0.183. The predicted octanol–water partition coefficient (Wildman–Crippen LogP) is 7.79. The van der Waals surface area contributed by atoms with Crippen LogP contribution in [0.25, 0.3) is 0 Å². The number of para-hydroxylation sites is 1. The standard InChI is InChI=1S/C31H38N2O5.C7H8O.C3H6/c1-17-22(14-23-24(32-17)11-19(12-26(23)34)21-9-7-8-10-27(21)36-6)29(35)37-28-13-20-15-31(16-25(28)33(20)31)18(2)38-30(3,4)5;1-6-3-2-4-7(8)5-6;1-3-2/h7-10,19-20,25,28,32H,2,11-16H2,1,3-6H3;2-5,8H,1H3;3H,1H2,2H3/t19-,20+,25+,28-,31?;;/m1../s1. The molecule has 1 aliphatic carbocycles. The molecule has 8 heteroatoms. The number of phenols is 1. The topological polar surface area (TPSA) is 97.3 Å². The molecule has 0 amide bonds. The third-order valence-corrected chi connectivity index (χ3v) is 10.1. The summed E-state index contributed by atoms with van der Waals surface area (Å²) < 4.78 is 17.8. The number of dihydropyridines is 1. The fourth-order valence-electron chi connectivity index (χ4n) is 8.02. The molecule has 8 nitrogen and oxygen atoms in total. The van der Waals surface area contributed by atoms with Crippen LogP contribution in [0.4, 0.5) is 0 Å². The van der Waals surface area contributed by atoms with Crippen molar-refractivity contribution in [2.24, 2.45) is 0 Å². The molecule has 5 aliphatic rings. The first-order chi connectivity index (χ1) is 23.2. The lowest BCUT2D eigenvalue weighted by Crippen LogP contribution is -2.77. The molecule has 0 saturated carbocycles. The number of carbonyl (C=O) groups excluding carboxylic acids is 2. The van der Waals surface area contributed by atoms with Gasteiger partial charge in [-0.25, -0.2) is 4.79 Å². The first-order valence-corrected chi connectivity index (χ1v) is 17.3. The normalized spacial score (nSPS) is 26.6. The highest BCUT2D eigenvalue weighted by Gasteiger charge is 2.71. The maximum absolute atomic E-state index is 13.4. The van der Waals surface area contributed by atoms with E-state index in [0.717, 1.165) is 53.3 Å². The van der Waals surface area contributed by atoms with Crippen molar-refractivity contribution in [3.8, 4) is 11.5 Å². The number of hydrogen-bond acceptors (Lipinski definition) is 8. The fraction of sp³-hybridized carbons (Fsp3) is 0.463. The highest BCUT2D eigenvalue weighted by Crippen LogP contribution is 2.62. The lowest BCUT2D eigenvalue weighted by atomic mass is 9.67. The van der Waals surface area contributed by atoms with Crippen molar-refractivity contribution in [2.45, 2.75) is 115 Å². The van der Waals surface area contributed by atoms with E-state index in [1.54, 1.807) is 25.3 Å². The van der Waals surface area contributed by atoms with Crippen LogP contribution in [0, 0.1) is 6.92 Å². The number of benzene rings is 2. The minimum absolute atomic E-state index is 0.0464. The monoisotopic (exact) mass is 668 g/mol. The first kappa shape index (κ1) is 36.0. The van der Waals surface area contributed by atoms with Crippen molar-refractivity contribution in [2.75, 3.05) is 7.11 Å². The number of nitrogens with zero attached hydrogens (tertiary/aromatic N) is 1. The van der Waals surface area contributed by atoms with Crippen molar-refractivity contribution in [1.29, 1.82) is 0 Å². The summed E-state index contributed by atoms with van der Waals surface area (Å²) in [4.78, 5) is 29.1. The SMILES string of the molecule is C=C(OC(C)(C)C)C12C[C@@H]3C[C@@H](OC(=O)C4=C(C)NC5=C(C4)C(=O)C[C@H](c4ccccc4OC)C5)[C@H](C1)N32.C=CC.Cc1cccc(O)c1. The van der Waals surface area contributed by atoms with Gasteiger partial charge in [-0.05, 0) is 90.1 Å². The fourth-order valence-corrected chi connectivity index (χ4v) is 8.02. The van der Waals surface area contributed by atoms with E-state index in [1.165, 1.54) is 0 Å². The van der Waals surface area contributed by atoms with Crippen LogP contribution in [0.15, 0.2) is 96.1 Å². The number of phenolic OH excluding ortho intramolecular Hbond substituents is 1. The van der Waals surface area contributed by atoms with Gasteiger partial charge in [0.2, 0.25) is 0 Å². The molecule has 49 heavy (non-hydrogen) atoms. The number of hydrogen-bond donors (Lipinski definition) is 2. The average Bonchev–Trinajstić information content (AvgIpc) is 3.11. The summed E-state index contributed by atoms with van der Waals surface area (Å²) in [7, 11) is 1.66. The Bertz CT molecular complexity index is 1670. The molecule has 0 bridgehead atoms. The molecule has 0 spiro atoms. The molecule has 2 aromatic carbocycles. The van der Waals surface area contributed by atoms with Gasteiger partial charge in [0.25, 0.3) is 0 Å². The highest BCUT2D eigenvalue weighted by atomic mass is 16.5. The average molecular weight is 669 g/mol. The number of aryl methyl sites for hydroxylation is 1. The van der Waals surface area contributed by atoms with Crippen molar-refractivity contribution < 1.29 is 28.9 Å². The summed E-state index contributed by atoms with van der Waals surface area (Å²) in [5.41, 5.74) is 4.72. The lowest BCUT2D eigenvalue weighted by Gasteiger charge is -2.66. The molecule has 3 fully saturated rings. The number of aromatic hydroxyl groups is 1. The number of rotatable bonds is 6. The Kier molecular flexibility index (Phi) is 10.5. The van der Waals surface area contributed by atoms with Crippen LogP contribution >= 0.6 is 0 Å². The Hall–Kier alpha value is -4.30. The van der Waals surface area contributed by atoms with Gasteiger partial charge in [0, 0.05) is 48.2 Å². The smallest absolute Gasteiger partial charge is 0.336 e. The van der Waals surface area contributed by atoms with Crippen molar-refractivity contribution in [3.63, 3.8) is 0 Å². The molecular formula is C41H52N2O6. The molecule has 262 valence electrons. The molecule has 2 aromatic rings. The van der Waals surface area contributed by atoms with Gasteiger partial charge in [0.1, 0.15) is 29.0 Å². The van der Waals surface area contributed by atoms with Gasteiger partial charge in [0.15, 0.2) is 5.78 Å². The summed E-state index contributed by atoms with van der Waals surface area (Å²) in [6.07, 6.45) is 5.82. The Morgan fingerprint density at radius 3 is 2.45 bits per heavy atom. The molecule has 0 aromatic heterocycles. The van der Waals surface area contributed by atoms with E-state index in [9.17, 15) is 9.59 Å². The van der Waals surface area contributed by atoms with E-state index in [-0.39, 0.29) is 41.0 Å². The second kappa shape index (κ2) is 14.3.